The Morgan fingerprint density at radius 2 is 1.44 bits per heavy atom. The third-order valence-electron chi connectivity index (χ3n) is 8.03. The molecule has 3 aromatic carbocycles. The highest BCUT2D eigenvalue weighted by atomic mass is 32.2. The zero-order chi connectivity index (χ0) is 31.7. The molecule has 3 aromatic rings. The van der Waals surface area contributed by atoms with Gasteiger partial charge in [-0.2, -0.15) is 0 Å². The lowest BCUT2D eigenvalue weighted by Gasteiger charge is -2.36. The van der Waals surface area contributed by atoms with Crippen molar-refractivity contribution in [2.45, 2.75) is 71.8 Å². The van der Waals surface area contributed by atoms with Crippen LogP contribution in [-0.2, 0) is 20.2 Å². The second-order valence-electron chi connectivity index (χ2n) is 12.5. The number of aryl methyl sites for hydroxylation is 3. The molecule has 0 bridgehead atoms. The van der Waals surface area contributed by atoms with E-state index in [1.807, 2.05) is 52.0 Å². The van der Waals surface area contributed by atoms with E-state index in [9.17, 15) is 18.0 Å². The number of nitrogens with zero attached hydrogens (tertiary/aromatic N) is 2. The molecule has 0 aromatic heterocycles. The van der Waals surface area contributed by atoms with Gasteiger partial charge in [0.2, 0.25) is 0 Å². The highest BCUT2D eigenvalue weighted by Gasteiger charge is 2.29. The molecule has 1 aliphatic heterocycles. The number of hydrogen-bond donors (Lipinski definition) is 1. The Morgan fingerprint density at radius 1 is 0.837 bits per heavy atom. The van der Waals surface area contributed by atoms with Gasteiger partial charge in [-0.1, -0.05) is 39.0 Å². The van der Waals surface area contributed by atoms with Gasteiger partial charge in [-0.3, -0.25) is 14.3 Å². The van der Waals surface area contributed by atoms with E-state index < -0.39 is 16.1 Å². The van der Waals surface area contributed by atoms with Crippen molar-refractivity contribution in [3.63, 3.8) is 0 Å². The van der Waals surface area contributed by atoms with Gasteiger partial charge in [0.05, 0.1) is 4.90 Å². The number of nitrogens with one attached hydrogen (secondary N) is 1. The quantitative estimate of drug-likeness (QED) is 0.369. The first-order chi connectivity index (χ1) is 20.1. The Kier molecular flexibility index (Phi) is 9.25. The van der Waals surface area contributed by atoms with Gasteiger partial charge < -0.3 is 14.5 Å². The summed E-state index contributed by atoms with van der Waals surface area (Å²) in [6.07, 6.45) is -0.636. The molecule has 8 nitrogen and oxygen atoms in total. The molecule has 0 radical (unpaired) electrons. The van der Waals surface area contributed by atoms with E-state index >= 15 is 0 Å². The molecule has 1 atom stereocenters. The summed E-state index contributed by atoms with van der Waals surface area (Å²) < 4.78 is 35.4. The Morgan fingerprint density at radius 3 is 2.05 bits per heavy atom. The number of amides is 2. The van der Waals surface area contributed by atoms with E-state index in [-0.39, 0.29) is 22.1 Å². The summed E-state index contributed by atoms with van der Waals surface area (Å²) >= 11 is 0. The normalized spacial score (nSPS) is 14.8. The maximum absolute atomic E-state index is 13.4. The summed E-state index contributed by atoms with van der Waals surface area (Å²) in [5, 5.41) is 0. The maximum atomic E-state index is 13.4. The lowest BCUT2D eigenvalue weighted by Crippen LogP contribution is -2.53. The molecule has 0 aliphatic carbocycles. The molecule has 1 unspecified atom stereocenters. The van der Waals surface area contributed by atoms with Gasteiger partial charge in [0.15, 0.2) is 6.10 Å². The number of carbonyl (C=O) groups excluding carboxylic acids is 2. The Balaban J connectivity index is 1.37. The van der Waals surface area contributed by atoms with E-state index in [2.05, 4.69) is 25.5 Å². The second kappa shape index (κ2) is 12.4. The van der Waals surface area contributed by atoms with Crippen molar-refractivity contribution < 1.29 is 22.7 Å². The van der Waals surface area contributed by atoms with E-state index in [1.165, 1.54) is 0 Å². The minimum Gasteiger partial charge on any atom is -0.481 e. The fourth-order valence-corrected chi connectivity index (χ4v) is 6.48. The molecule has 43 heavy (non-hydrogen) atoms. The number of rotatable bonds is 7. The fourth-order valence-electron chi connectivity index (χ4n) is 5.07. The summed E-state index contributed by atoms with van der Waals surface area (Å²) in [4.78, 5) is 30.0. The van der Waals surface area contributed by atoms with Crippen LogP contribution in [0.2, 0.25) is 0 Å². The standard InChI is InChI=1S/C34H43N3O5S/c1-22-9-10-23(2)30(19-22)42-26(5)32(38)36-15-17-37(18-16-36)33(39)27-11-13-29(14-12-27)35-43(40,41)31-21-28(34(6,7)8)20-24(3)25(31)4/h9-14,19-21,26,35H,15-18H2,1-8H3. The Hall–Kier alpha value is -3.85. The van der Waals surface area contributed by atoms with Crippen LogP contribution in [0.15, 0.2) is 59.5 Å². The van der Waals surface area contributed by atoms with Crippen molar-refractivity contribution >= 4 is 27.5 Å². The van der Waals surface area contributed by atoms with Crippen LogP contribution in [0.25, 0.3) is 0 Å². The molecule has 1 saturated heterocycles. The number of hydrogen-bond acceptors (Lipinski definition) is 5. The van der Waals surface area contributed by atoms with Crippen LogP contribution in [0.1, 0.15) is 65.9 Å². The van der Waals surface area contributed by atoms with Crippen molar-refractivity contribution in [1.29, 1.82) is 0 Å². The molecule has 1 N–H and O–H groups in total. The van der Waals surface area contributed by atoms with Gasteiger partial charge in [-0.15, -0.1) is 0 Å². The third-order valence-corrected chi connectivity index (χ3v) is 9.54. The molecule has 4 rings (SSSR count). The molecular weight excluding hydrogens is 562 g/mol. The monoisotopic (exact) mass is 605 g/mol. The number of carbonyl (C=O) groups is 2. The van der Waals surface area contributed by atoms with Gasteiger partial charge in [0.1, 0.15) is 5.75 Å². The van der Waals surface area contributed by atoms with E-state index in [0.29, 0.717) is 48.7 Å². The minimum atomic E-state index is -3.84. The number of piperazine rings is 1. The van der Waals surface area contributed by atoms with Crippen LogP contribution in [0.3, 0.4) is 0 Å². The summed E-state index contributed by atoms with van der Waals surface area (Å²) in [5.74, 6) is 0.428. The average Bonchev–Trinajstić information content (AvgIpc) is 2.95. The number of ether oxygens (including phenoxy) is 1. The number of anilines is 1. The van der Waals surface area contributed by atoms with E-state index in [1.54, 1.807) is 47.1 Å². The summed E-state index contributed by atoms with van der Waals surface area (Å²) in [6, 6.07) is 16.1. The molecule has 230 valence electrons. The zero-order valence-electron chi connectivity index (χ0n) is 26.4. The van der Waals surface area contributed by atoms with Crippen LogP contribution in [-0.4, -0.2) is 62.3 Å². The molecule has 0 spiro atoms. The molecule has 9 heteroatoms. The predicted molar refractivity (Wildman–Crippen MR) is 170 cm³/mol. The average molecular weight is 606 g/mol. The highest BCUT2D eigenvalue weighted by molar-refractivity contribution is 7.92. The van der Waals surface area contributed by atoms with Crippen LogP contribution in [0, 0.1) is 27.7 Å². The van der Waals surface area contributed by atoms with Gasteiger partial charge in [0.25, 0.3) is 21.8 Å². The molecule has 0 saturated carbocycles. The van der Waals surface area contributed by atoms with Crippen LogP contribution >= 0.6 is 0 Å². The fraction of sp³-hybridized carbons (Fsp3) is 0.412. The van der Waals surface area contributed by atoms with Crippen molar-refractivity contribution in [1.82, 2.24) is 9.80 Å². The van der Waals surface area contributed by atoms with Crippen LogP contribution < -0.4 is 9.46 Å². The van der Waals surface area contributed by atoms with Gasteiger partial charge in [-0.05, 0) is 104 Å². The zero-order valence-corrected chi connectivity index (χ0v) is 27.3. The number of benzene rings is 3. The Labute approximate surface area is 256 Å². The second-order valence-corrected chi connectivity index (χ2v) is 14.1. The first kappa shape index (κ1) is 32.1. The smallest absolute Gasteiger partial charge is 0.263 e. The summed E-state index contributed by atoms with van der Waals surface area (Å²) in [5.41, 5.74) is 5.24. The first-order valence-corrected chi connectivity index (χ1v) is 16.1. The molecule has 1 heterocycles. The Bertz CT molecular complexity index is 1620. The van der Waals surface area contributed by atoms with Gasteiger partial charge >= 0.3 is 0 Å². The van der Waals surface area contributed by atoms with Crippen molar-refractivity contribution in [3.05, 3.63) is 88.0 Å². The van der Waals surface area contributed by atoms with Crippen LogP contribution in [0.5, 0.6) is 5.75 Å². The SMILES string of the molecule is Cc1ccc(C)c(OC(C)C(=O)N2CCN(C(=O)c3ccc(NS(=O)(=O)c4cc(C(C)(C)C)cc(C)c4C)cc3)CC2)c1. The molecule has 1 fully saturated rings. The topological polar surface area (TPSA) is 96.0 Å². The molecule has 1 aliphatic rings. The van der Waals surface area contributed by atoms with E-state index in [4.69, 9.17) is 4.74 Å². The van der Waals surface area contributed by atoms with E-state index in [0.717, 1.165) is 22.3 Å². The molecule has 2 amide bonds. The lowest BCUT2D eigenvalue weighted by molar-refractivity contribution is -0.139. The highest BCUT2D eigenvalue weighted by Crippen LogP contribution is 2.30. The first-order valence-electron chi connectivity index (χ1n) is 14.6. The lowest BCUT2D eigenvalue weighted by atomic mass is 9.85. The van der Waals surface area contributed by atoms with Gasteiger partial charge in [0, 0.05) is 37.4 Å². The molecular formula is C34H43N3O5S. The summed E-state index contributed by atoms with van der Waals surface area (Å²) in [6.45, 7) is 17.2. The van der Waals surface area contributed by atoms with Crippen molar-refractivity contribution in [3.8, 4) is 5.75 Å². The van der Waals surface area contributed by atoms with Gasteiger partial charge in [-0.25, -0.2) is 8.42 Å². The summed E-state index contributed by atoms with van der Waals surface area (Å²) in [7, 11) is -3.84. The third kappa shape index (κ3) is 7.39. The minimum absolute atomic E-state index is 0.108. The number of sulfonamides is 1. The predicted octanol–water partition coefficient (Wildman–Crippen LogP) is 5.77. The largest absolute Gasteiger partial charge is 0.481 e. The van der Waals surface area contributed by atoms with Crippen molar-refractivity contribution in [2.75, 3.05) is 30.9 Å². The van der Waals surface area contributed by atoms with Crippen LogP contribution in [0.4, 0.5) is 5.69 Å². The van der Waals surface area contributed by atoms with Crippen molar-refractivity contribution in [2.24, 2.45) is 0 Å². The maximum Gasteiger partial charge on any atom is 0.263 e.